The zero-order chi connectivity index (χ0) is 13.7. The molecular weight excluding hydrogens is 242 g/mol. The van der Waals surface area contributed by atoms with Crippen molar-refractivity contribution in [3.05, 3.63) is 47.6 Å². The highest BCUT2D eigenvalue weighted by Gasteiger charge is 2.13. The summed E-state index contributed by atoms with van der Waals surface area (Å²) in [7, 11) is 1.75. The predicted molar refractivity (Wildman–Crippen MR) is 70.3 cm³/mol. The lowest BCUT2D eigenvalue weighted by Gasteiger charge is -2.14. The summed E-state index contributed by atoms with van der Waals surface area (Å²) in [6.45, 7) is 2.44. The normalized spacial score (nSPS) is 10.4. The summed E-state index contributed by atoms with van der Waals surface area (Å²) in [6, 6.07) is 7.43. The minimum absolute atomic E-state index is 0.00754. The molecule has 100 valence electrons. The molecule has 0 aliphatic heterocycles. The van der Waals surface area contributed by atoms with Gasteiger partial charge >= 0.3 is 0 Å². The Morgan fingerprint density at radius 1 is 1.37 bits per heavy atom. The van der Waals surface area contributed by atoms with Gasteiger partial charge in [-0.3, -0.25) is 9.78 Å². The van der Waals surface area contributed by atoms with Gasteiger partial charge in [0.1, 0.15) is 0 Å². The number of hydrogen-bond acceptors (Lipinski definition) is 4. The molecule has 5 nitrogen and oxygen atoms in total. The summed E-state index contributed by atoms with van der Waals surface area (Å²) in [5.41, 5.74) is 1.67. The Morgan fingerprint density at radius 3 is 2.84 bits per heavy atom. The Hall–Kier alpha value is -2.17. The lowest BCUT2D eigenvalue weighted by Crippen LogP contribution is -2.27. The molecule has 0 aromatic carbocycles. The fourth-order valence-electron chi connectivity index (χ4n) is 1.71. The summed E-state index contributed by atoms with van der Waals surface area (Å²) in [6.07, 6.45) is 2.81. The molecule has 0 radical (unpaired) electrons. The molecule has 0 bridgehead atoms. The van der Waals surface area contributed by atoms with Crippen LogP contribution in [0.25, 0.3) is 0 Å². The van der Waals surface area contributed by atoms with E-state index in [9.17, 15) is 4.79 Å². The first kappa shape index (κ1) is 13.3. The number of carbonyl (C=O) groups is 1. The van der Waals surface area contributed by atoms with Gasteiger partial charge in [0, 0.05) is 25.0 Å². The zero-order valence-electron chi connectivity index (χ0n) is 11.2. The second kappa shape index (κ2) is 6.13. The number of amides is 1. The van der Waals surface area contributed by atoms with E-state index in [2.05, 4.69) is 10.1 Å². The molecule has 0 aliphatic rings. The van der Waals surface area contributed by atoms with Crippen LogP contribution in [0.3, 0.4) is 0 Å². The fraction of sp³-hybridized carbons (Fsp3) is 0.357. The van der Waals surface area contributed by atoms with Crippen LogP contribution in [0.1, 0.15) is 24.1 Å². The predicted octanol–water partition coefficient (Wildman–Crippen LogP) is 1.83. The van der Waals surface area contributed by atoms with E-state index in [-0.39, 0.29) is 5.91 Å². The second-order valence-corrected chi connectivity index (χ2v) is 4.39. The molecule has 2 aromatic rings. The highest BCUT2D eigenvalue weighted by molar-refractivity contribution is 5.77. The van der Waals surface area contributed by atoms with E-state index >= 15 is 0 Å². The van der Waals surface area contributed by atoms with Crippen molar-refractivity contribution >= 4 is 5.91 Å². The van der Waals surface area contributed by atoms with Crippen LogP contribution < -0.4 is 0 Å². The van der Waals surface area contributed by atoms with Crippen LogP contribution >= 0.6 is 0 Å². The molecule has 2 aromatic heterocycles. The van der Waals surface area contributed by atoms with E-state index in [0.29, 0.717) is 18.7 Å². The van der Waals surface area contributed by atoms with Gasteiger partial charge in [0.05, 0.1) is 18.7 Å². The Balaban J connectivity index is 1.92. The molecule has 0 fully saturated rings. The quantitative estimate of drug-likeness (QED) is 0.822. The molecule has 0 N–H and O–H groups in total. The summed E-state index contributed by atoms with van der Waals surface area (Å²) < 4.78 is 5.17. The van der Waals surface area contributed by atoms with E-state index < -0.39 is 0 Å². The molecule has 2 heterocycles. The number of pyridine rings is 1. The van der Waals surface area contributed by atoms with Gasteiger partial charge < -0.3 is 9.42 Å². The maximum atomic E-state index is 12.0. The second-order valence-electron chi connectivity index (χ2n) is 4.39. The number of aryl methyl sites for hydroxylation is 1. The van der Waals surface area contributed by atoms with Gasteiger partial charge in [0.25, 0.3) is 0 Å². The number of rotatable bonds is 5. The van der Waals surface area contributed by atoms with Gasteiger partial charge in [-0.2, -0.15) is 0 Å². The van der Waals surface area contributed by atoms with Gasteiger partial charge in [-0.15, -0.1) is 0 Å². The molecule has 0 aliphatic carbocycles. The van der Waals surface area contributed by atoms with Gasteiger partial charge in [0.15, 0.2) is 5.76 Å². The van der Waals surface area contributed by atoms with Crippen LogP contribution in [0.2, 0.25) is 0 Å². The van der Waals surface area contributed by atoms with Gasteiger partial charge in [0.2, 0.25) is 5.91 Å². The van der Waals surface area contributed by atoms with Crippen LogP contribution in [0.5, 0.6) is 0 Å². The molecule has 0 saturated carbocycles. The number of hydrogen-bond donors (Lipinski definition) is 0. The van der Waals surface area contributed by atoms with Crippen molar-refractivity contribution in [3.63, 3.8) is 0 Å². The molecule has 2 rings (SSSR count). The lowest BCUT2D eigenvalue weighted by atomic mass is 10.2. The third-order valence-corrected chi connectivity index (χ3v) is 2.85. The van der Waals surface area contributed by atoms with Crippen LogP contribution in [-0.2, 0) is 24.2 Å². The van der Waals surface area contributed by atoms with Crippen LogP contribution in [0.15, 0.2) is 35.0 Å². The summed E-state index contributed by atoms with van der Waals surface area (Å²) >= 11 is 0. The minimum Gasteiger partial charge on any atom is -0.359 e. The molecule has 5 heteroatoms. The lowest BCUT2D eigenvalue weighted by molar-refractivity contribution is -0.130. The standard InChI is InChI=1S/C14H17N3O2/c1-3-11-8-13(19-16-11)10-17(2)14(18)9-12-6-4-5-7-15-12/h4-8H,3,9-10H2,1-2H3. The van der Waals surface area contributed by atoms with Crippen molar-refractivity contribution in [3.8, 4) is 0 Å². The smallest absolute Gasteiger partial charge is 0.228 e. The van der Waals surface area contributed by atoms with Crippen LogP contribution in [0.4, 0.5) is 0 Å². The Morgan fingerprint density at radius 2 is 2.21 bits per heavy atom. The van der Waals surface area contributed by atoms with Crippen LogP contribution in [-0.4, -0.2) is 28.0 Å². The monoisotopic (exact) mass is 259 g/mol. The maximum Gasteiger partial charge on any atom is 0.228 e. The molecule has 1 amide bonds. The van der Waals surface area contributed by atoms with Crippen molar-refractivity contribution in [1.29, 1.82) is 0 Å². The highest BCUT2D eigenvalue weighted by Crippen LogP contribution is 2.08. The molecular formula is C14H17N3O2. The van der Waals surface area contributed by atoms with Gasteiger partial charge in [-0.1, -0.05) is 18.1 Å². The van der Waals surface area contributed by atoms with Gasteiger partial charge in [-0.05, 0) is 18.6 Å². The topological polar surface area (TPSA) is 59.2 Å². The summed E-state index contributed by atoms with van der Waals surface area (Å²) in [5.74, 6) is 0.710. The molecule has 19 heavy (non-hydrogen) atoms. The van der Waals surface area contributed by atoms with Crippen molar-refractivity contribution in [2.24, 2.45) is 0 Å². The highest BCUT2D eigenvalue weighted by atomic mass is 16.5. The van der Waals surface area contributed by atoms with E-state index in [0.717, 1.165) is 17.8 Å². The third-order valence-electron chi connectivity index (χ3n) is 2.85. The van der Waals surface area contributed by atoms with Gasteiger partial charge in [-0.25, -0.2) is 0 Å². The number of carbonyl (C=O) groups excluding carboxylic acids is 1. The first-order valence-corrected chi connectivity index (χ1v) is 6.27. The Kier molecular flexibility index (Phi) is 4.28. The fourth-order valence-corrected chi connectivity index (χ4v) is 1.71. The van der Waals surface area contributed by atoms with E-state index in [4.69, 9.17) is 4.52 Å². The third kappa shape index (κ3) is 3.64. The van der Waals surface area contributed by atoms with Crippen molar-refractivity contribution in [2.45, 2.75) is 26.3 Å². The largest absolute Gasteiger partial charge is 0.359 e. The summed E-state index contributed by atoms with van der Waals surface area (Å²) in [4.78, 5) is 17.8. The number of nitrogens with zero attached hydrogens (tertiary/aromatic N) is 3. The Bertz CT molecular complexity index is 537. The zero-order valence-corrected chi connectivity index (χ0v) is 11.2. The van der Waals surface area contributed by atoms with Crippen molar-refractivity contribution in [2.75, 3.05) is 7.05 Å². The average molecular weight is 259 g/mol. The first-order chi connectivity index (χ1) is 9.19. The SMILES string of the molecule is CCc1cc(CN(C)C(=O)Cc2ccccn2)on1. The molecule has 0 spiro atoms. The van der Waals surface area contributed by atoms with Crippen molar-refractivity contribution < 1.29 is 9.32 Å². The molecule has 0 saturated heterocycles. The van der Waals surface area contributed by atoms with Crippen molar-refractivity contribution in [1.82, 2.24) is 15.0 Å². The average Bonchev–Trinajstić information content (AvgIpc) is 2.87. The first-order valence-electron chi connectivity index (χ1n) is 6.27. The maximum absolute atomic E-state index is 12.0. The van der Waals surface area contributed by atoms with Crippen LogP contribution in [0, 0.1) is 0 Å². The minimum atomic E-state index is 0.00754. The van der Waals surface area contributed by atoms with E-state index in [1.165, 1.54) is 0 Å². The van der Waals surface area contributed by atoms with E-state index in [1.54, 1.807) is 18.1 Å². The Labute approximate surface area is 112 Å². The summed E-state index contributed by atoms with van der Waals surface area (Å²) in [5, 5.41) is 3.91. The molecule has 0 unspecified atom stereocenters. The number of aromatic nitrogens is 2. The van der Waals surface area contributed by atoms with E-state index in [1.807, 2.05) is 31.2 Å². The molecule has 0 atom stereocenters. The number of likely N-dealkylation sites (N-methyl/N-ethyl adjacent to an activating group) is 1.